The standard InChI is InChI=1S/C18H14Cl2N2OS/c19-15-6-5-14(16(20)9-15)12-22(11-13-3-1-7-21-10-13)18(23)17-4-2-8-24-17/h1-10H,11-12H2. The molecule has 0 saturated carbocycles. The van der Waals surface area contributed by atoms with Crippen LogP contribution in [0.3, 0.4) is 0 Å². The Labute approximate surface area is 154 Å². The monoisotopic (exact) mass is 376 g/mol. The van der Waals surface area contributed by atoms with Crippen LogP contribution in [0.2, 0.25) is 10.0 Å². The van der Waals surface area contributed by atoms with E-state index in [1.807, 2.05) is 35.7 Å². The number of pyridine rings is 1. The summed E-state index contributed by atoms with van der Waals surface area (Å²) < 4.78 is 0. The van der Waals surface area contributed by atoms with Crippen molar-refractivity contribution in [2.24, 2.45) is 0 Å². The van der Waals surface area contributed by atoms with Gasteiger partial charge in [0.15, 0.2) is 0 Å². The second kappa shape index (κ2) is 7.79. The fourth-order valence-corrected chi connectivity index (χ4v) is 3.48. The Morgan fingerprint density at radius 1 is 1.12 bits per heavy atom. The summed E-state index contributed by atoms with van der Waals surface area (Å²) in [4.78, 5) is 19.4. The van der Waals surface area contributed by atoms with Gasteiger partial charge in [-0.3, -0.25) is 9.78 Å². The van der Waals surface area contributed by atoms with Crippen molar-refractivity contribution in [3.63, 3.8) is 0 Å². The van der Waals surface area contributed by atoms with E-state index in [2.05, 4.69) is 4.98 Å². The average Bonchev–Trinajstić information content (AvgIpc) is 3.11. The normalized spacial score (nSPS) is 10.6. The number of amides is 1. The predicted molar refractivity (Wildman–Crippen MR) is 98.6 cm³/mol. The Bertz CT molecular complexity index is 822. The van der Waals surface area contributed by atoms with Gasteiger partial charge in [-0.05, 0) is 40.8 Å². The summed E-state index contributed by atoms with van der Waals surface area (Å²) in [5.41, 5.74) is 1.82. The minimum atomic E-state index is -0.0279. The molecule has 0 N–H and O–H groups in total. The first-order valence-corrected chi connectivity index (χ1v) is 8.92. The summed E-state index contributed by atoms with van der Waals surface area (Å²) >= 11 is 13.7. The van der Waals surface area contributed by atoms with E-state index in [0.29, 0.717) is 28.0 Å². The number of hydrogen-bond acceptors (Lipinski definition) is 3. The Morgan fingerprint density at radius 2 is 2.00 bits per heavy atom. The van der Waals surface area contributed by atoms with E-state index in [4.69, 9.17) is 23.2 Å². The number of carbonyl (C=O) groups is 1. The third-order valence-electron chi connectivity index (χ3n) is 3.49. The van der Waals surface area contributed by atoms with Gasteiger partial charge in [-0.15, -0.1) is 11.3 Å². The quantitative estimate of drug-likeness (QED) is 0.605. The van der Waals surface area contributed by atoms with Crippen molar-refractivity contribution in [1.82, 2.24) is 9.88 Å². The van der Waals surface area contributed by atoms with Crippen LogP contribution in [0.4, 0.5) is 0 Å². The van der Waals surface area contributed by atoms with Gasteiger partial charge in [0, 0.05) is 35.5 Å². The highest BCUT2D eigenvalue weighted by Gasteiger charge is 2.19. The molecule has 122 valence electrons. The maximum Gasteiger partial charge on any atom is 0.264 e. The number of halogens is 2. The molecule has 0 bridgehead atoms. The molecule has 0 fully saturated rings. The molecule has 0 saturated heterocycles. The van der Waals surface area contributed by atoms with Crippen molar-refractivity contribution in [1.29, 1.82) is 0 Å². The third kappa shape index (κ3) is 4.15. The number of benzene rings is 1. The van der Waals surface area contributed by atoms with Crippen molar-refractivity contribution < 1.29 is 4.79 Å². The second-order valence-electron chi connectivity index (χ2n) is 5.24. The van der Waals surface area contributed by atoms with Gasteiger partial charge < -0.3 is 4.90 Å². The van der Waals surface area contributed by atoms with E-state index < -0.39 is 0 Å². The van der Waals surface area contributed by atoms with Crippen molar-refractivity contribution in [2.45, 2.75) is 13.1 Å². The van der Waals surface area contributed by atoms with Gasteiger partial charge in [-0.25, -0.2) is 0 Å². The molecule has 3 aromatic rings. The number of thiophene rings is 1. The van der Waals surface area contributed by atoms with Crippen LogP contribution in [-0.2, 0) is 13.1 Å². The highest BCUT2D eigenvalue weighted by Crippen LogP contribution is 2.24. The molecule has 6 heteroatoms. The summed E-state index contributed by atoms with van der Waals surface area (Å²) in [6.07, 6.45) is 3.48. The molecule has 3 nitrogen and oxygen atoms in total. The Morgan fingerprint density at radius 3 is 2.67 bits per heavy atom. The molecule has 0 aliphatic rings. The molecule has 1 aromatic carbocycles. The van der Waals surface area contributed by atoms with Gasteiger partial charge in [0.2, 0.25) is 0 Å². The third-order valence-corrected chi connectivity index (χ3v) is 4.94. The van der Waals surface area contributed by atoms with E-state index in [1.165, 1.54) is 11.3 Å². The lowest BCUT2D eigenvalue weighted by molar-refractivity contribution is 0.0735. The number of rotatable bonds is 5. The van der Waals surface area contributed by atoms with E-state index in [1.54, 1.807) is 29.4 Å². The van der Waals surface area contributed by atoms with Crippen molar-refractivity contribution in [3.8, 4) is 0 Å². The zero-order chi connectivity index (χ0) is 16.9. The molecule has 3 rings (SSSR count). The Hall–Kier alpha value is -1.88. The molecular weight excluding hydrogens is 363 g/mol. The number of carbonyl (C=O) groups excluding carboxylic acids is 1. The summed E-state index contributed by atoms with van der Waals surface area (Å²) in [7, 11) is 0. The Kier molecular flexibility index (Phi) is 5.51. The van der Waals surface area contributed by atoms with E-state index in [0.717, 1.165) is 11.1 Å². The molecule has 0 unspecified atom stereocenters. The predicted octanol–water partition coefficient (Wildman–Crippen LogP) is 5.29. The average molecular weight is 377 g/mol. The van der Waals surface area contributed by atoms with Gasteiger partial charge in [0.05, 0.1) is 4.88 Å². The maximum atomic E-state index is 12.8. The lowest BCUT2D eigenvalue weighted by Crippen LogP contribution is -2.29. The lowest BCUT2D eigenvalue weighted by atomic mass is 10.2. The zero-order valence-electron chi connectivity index (χ0n) is 12.7. The summed E-state index contributed by atoms with van der Waals surface area (Å²) in [5, 5.41) is 3.02. The van der Waals surface area contributed by atoms with Gasteiger partial charge in [0.25, 0.3) is 5.91 Å². The fourth-order valence-electron chi connectivity index (χ4n) is 2.32. The van der Waals surface area contributed by atoms with Crippen molar-refractivity contribution in [2.75, 3.05) is 0 Å². The fraction of sp³-hybridized carbons (Fsp3) is 0.111. The summed E-state index contributed by atoms with van der Waals surface area (Å²) in [6, 6.07) is 12.8. The smallest absolute Gasteiger partial charge is 0.264 e. The molecule has 0 aliphatic carbocycles. The van der Waals surface area contributed by atoms with Crippen LogP contribution in [0.15, 0.2) is 60.2 Å². The van der Waals surface area contributed by atoms with Crippen LogP contribution in [0.1, 0.15) is 20.8 Å². The Balaban J connectivity index is 1.87. The molecule has 0 spiro atoms. The van der Waals surface area contributed by atoms with E-state index in [9.17, 15) is 4.79 Å². The first kappa shape index (κ1) is 17.0. The highest BCUT2D eigenvalue weighted by molar-refractivity contribution is 7.12. The maximum absolute atomic E-state index is 12.8. The SMILES string of the molecule is O=C(c1cccs1)N(Cc1cccnc1)Cc1ccc(Cl)cc1Cl. The molecule has 0 atom stereocenters. The van der Waals surface area contributed by atoms with Crippen LogP contribution >= 0.6 is 34.5 Å². The van der Waals surface area contributed by atoms with Crippen LogP contribution in [0.5, 0.6) is 0 Å². The zero-order valence-corrected chi connectivity index (χ0v) is 15.0. The number of nitrogens with zero attached hydrogens (tertiary/aromatic N) is 2. The molecule has 0 radical (unpaired) electrons. The van der Waals surface area contributed by atoms with Crippen LogP contribution in [0.25, 0.3) is 0 Å². The van der Waals surface area contributed by atoms with Crippen LogP contribution < -0.4 is 0 Å². The molecule has 24 heavy (non-hydrogen) atoms. The number of aromatic nitrogens is 1. The summed E-state index contributed by atoms with van der Waals surface area (Å²) in [6.45, 7) is 0.866. The largest absolute Gasteiger partial charge is 0.329 e. The molecule has 2 heterocycles. The molecular formula is C18H14Cl2N2OS. The van der Waals surface area contributed by atoms with E-state index >= 15 is 0 Å². The number of hydrogen-bond donors (Lipinski definition) is 0. The van der Waals surface area contributed by atoms with Gasteiger partial charge in [-0.2, -0.15) is 0 Å². The minimum absolute atomic E-state index is 0.0279. The van der Waals surface area contributed by atoms with Gasteiger partial charge >= 0.3 is 0 Å². The van der Waals surface area contributed by atoms with Crippen molar-refractivity contribution in [3.05, 3.63) is 86.3 Å². The second-order valence-corrected chi connectivity index (χ2v) is 7.03. The molecule has 2 aromatic heterocycles. The van der Waals surface area contributed by atoms with Gasteiger partial charge in [0.1, 0.15) is 0 Å². The first-order valence-electron chi connectivity index (χ1n) is 7.29. The van der Waals surface area contributed by atoms with Crippen LogP contribution in [0, 0.1) is 0 Å². The van der Waals surface area contributed by atoms with E-state index in [-0.39, 0.29) is 5.91 Å². The topological polar surface area (TPSA) is 33.2 Å². The highest BCUT2D eigenvalue weighted by atomic mass is 35.5. The summed E-state index contributed by atoms with van der Waals surface area (Å²) in [5.74, 6) is -0.0279. The molecule has 1 amide bonds. The lowest BCUT2D eigenvalue weighted by Gasteiger charge is -2.23. The van der Waals surface area contributed by atoms with Crippen LogP contribution in [-0.4, -0.2) is 15.8 Å². The molecule has 0 aliphatic heterocycles. The van der Waals surface area contributed by atoms with Gasteiger partial charge in [-0.1, -0.05) is 41.4 Å². The first-order chi connectivity index (χ1) is 11.6. The van der Waals surface area contributed by atoms with Crippen molar-refractivity contribution >= 4 is 40.4 Å². The minimum Gasteiger partial charge on any atom is -0.329 e.